The second-order valence-electron chi connectivity index (χ2n) is 9.49. The quantitative estimate of drug-likeness (QED) is 0.489. The smallest absolute Gasteiger partial charge is 0.338 e. The third-order valence-electron chi connectivity index (χ3n) is 7.44. The SMILES string of the molecule is CCOC(=O)c1cccc(C(O)[C@H]2CCCC3=Cc4c(-c5ccc(F)cc5)ncn4C[C@@]32C)c1. The van der Waals surface area contributed by atoms with Gasteiger partial charge < -0.3 is 14.4 Å². The van der Waals surface area contributed by atoms with Crippen LogP contribution in [0.5, 0.6) is 0 Å². The van der Waals surface area contributed by atoms with Gasteiger partial charge in [0.1, 0.15) is 5.82 Å². The molecule has 0 bridgehead atoms. The van der Waals surface area contributed by atoms with E-state index in [2.05, 4.69) is 22.6 Å². The lowest BCUT2D eigenvalue weighted by Gasteiger charge is -2.48. The van der Waals surface area contributed by atoms with Crippen molar-refractivity contribution in [2.45, 2.75) is 45.8 Å². The molecule has 2 heterocycles. The zero-order chi connectivity index (χ0) is 23.9. The summed E-state index contributed by atoms with van der Waals surface area (Å²) in [4.78, 5) is 16.9. The number of hydrogen-bond donors (Lipinski definition) is 1. The van der Waals surface area contributed by atoms with Crippen molar-refractivity contribution in [1.29, 1.82) is 0 Å². The number of nitrogens with zero attached hydrogens (tertiary/aromatic N) is 2. The topological polar surface area (TPSA) is 64.3 Å². The highest BCUT2D eigenvalue weighted by Crippen LogP contribution is 2.54. The summed E-state index contributed by atoms with van der Waals surface area (Å²) in [6.45, 7) is 5.03. The molecule has 5 rings (SSSR count). The van der Waals surface area contributed by atoms with Crippen molar-refractivity contribution in [1.82, 2.24) is 9.55 Å². The van der Waals surface area contributed by atoms with E-state index in [1.165, 1.54) is 17.7 Å². The van der Waals surface area contributed by atoms with Gasteiger partial charge in [0.05, 0.1) is 36.0 Å². The summed E-state index contributed by atoms with van der Waals surface area (Å²) in [7, 11) is 0. The Morgan fingerprint density at radius 3 is 2.85 bits per heavy atom. The van der Waals surface area contributed by atoms with Gasteiger partial charge in [0.15, 0.2) is 0 Å². The number of carbonyl (C=O) groups is 1. The van der Waals surface area contributed by atoms with E-state index < -0.39 is 6.10 Å². The number of fused-ring (bicyclic) bond motifs is 2. The average Bonchev–Trinajstić information content (AvgIpc) is 3.24. The molecule has 1 N–H and O–H groups in total. The van der Waals surface area contributed by atoms with Crippen LogP contribution in [0.3, 0.4) is 0 Å². The van der Waals surface area contributed by atoms with Gasteiger partial charge in [-0.05, 0) is 80.1 Å². The van der Waals surface area contributed by atoms with E-state index in [0.717, 1.165) is 41.8 Å². The van der Waals surface area contributed by atoms with Crippen molar-refractivity contribution in [2.24, 2.45) is 11.3 Å². The Morgan fingerprint density at radius 1 is 1.29 bits per heavy atom. The van der Waals surface area contributed by atoms with Crippen LogP contribution in [0.1, 0.15) is 60.8 Å². The minimum absolute atomic E-state index is 0.00485. The largest absolute Gasteiger partial charge is 0.462 e. The van der Waals surface area contributed by atoms with Crippen LogP contribution in [0, 0.1) is 17.2 Å². The van der Waals surface area contributed by atoms with E-state index in [1.54, 1.807) is 37.3 Å². The first-order valence-corrected chi connectivity index (χ1v) is 11.9. The number of aliphatic hydroxyl groups excluding tert-OH is 1. The Balaban J connectivity index is 1.47. The molecule has 2 aliphatic rings. The maximum Gasteiger partial charge on any atom is 0.338 e. The molecule has 1 fully saturated rings. The normalized spacial score (nSPS) is 22.4. The van der Waals surface area contributed by atoms with Crippen molar-refractivity contribution in [3.05, 3.63) is 83.1 Å². The number of ether oxygens (including phenoxy) is 1. The molecular weight excluding hydrogens is 431 g/mol. The van der Waals surface area contributed by atoms with Gasteiger partial charge in [-0.25, -0.2) is 14.2 Å². The molecule has 3 aromatic rings. The van der Waals surface area contributed by atoms with Gasteiger partial charge in [0.25, 0.3) is 0 Å². The van der Waals surface area contributed by atoms with Crippen molar-refractivity contribution in [3.63, 3.8) is 0 Å². The molecule has 176 valence electrons. The summed E-state index contributed by atoms with van der Waals surface area (Å²) in [5, 5.41) is 11.5. The molecular formula is C28H29FN2O3. The second-order valence-corrected chi connectivity index (χ2v) is 9.49. The molecule has 34 heavy (non-hydrogen) atoms. The van der Waals surface area contributed by atoms with Gasteiger partial charge in [-0.15, -0.1) is 0 Å². The Labute approximate surface area is 198 Å². The molecule has 1 aliphatic carbocycles. The Hall–Kier alpha value is -3.25. The zero-order valence-electron chi connectivity index (χ0n) is 19.5. The minimum Gasteiger partial charge on any atom is -0.462 e. The fourth-order valence-electron chi connectivity index (χ4n) is 5.63. The van der Waals surface area contributed by atoms with Gasteiger partial charge in [-0.3, -0.25) is 0 Å². The second kappa shape index (κ2) is 8.84. The molecule has 0 saturated heterocycles. The molecule has 0 amide bonds. The van der Waals surface area contributed by atoms with E-state index >= 15 is 0 Å². The number of imidazole rings is 1. The molecule has 1 saturated carbocycles. The van der Waals surface area contributed by atoms with Gasteiger partial charge in [0, 0.05) is 17.5 Å². The van der Waals surface area contributed by atoms with Gasteiger partial charge in [-0.1, -0.05) is 24.6 Å². The van der Waals surface area contributed by atoms with E-state index in [9.17, 15) is 14.3 Å². The first-order chi connectivity index (χ1) is 16.4. The minimum atomic E-state index is -0.704. The number of allylic oxidation sites excluding steroid dienone is 1. The van der Waals surface area contributed by atoms with Gasteiger partial charge in [0.2, 0.25) is 0 Å². The Morgan fingerprint density at radius 2 is 2.09 bits per heavy atom. The lowest BCUT2D eigenvalue weighted by atomic mass is 9.60. The van der Waals surface area contributed by atoms with Crippen molar-refractivity contribution in [3.8, 4) is 11.3 Å². The van der Waals surface area contributed by atoms with E-state index in [1.807, 2.05) is 12.4 Å². The number of halogens is 1. The molecule has 6 heteroatoms. The third kappa shape index (κ3) is 3.86. The van der Waals surface area contributed by atoms with Crippen molar-refractivity contribution >= 4 is 12.0 Å². The predicted molar refractivity (Wildman–Crippen MR) is 128 cm³/mol. The van der Waals surface area contributed by atoms with E-state index in [0.29, 0.717) is 18.7 Å². The van der Waals surface area contributed by atoms with Crippen LogP contribution in [0.25, 0.3) is 17.3 Å². The number of rotatable bonds is 5. The monoisotopic (exact) mass is 460 g/mol. The summed E-state index contributed by atoms with van der Waals surface area (Å²) >= 11 is 0. The number of aromatic nitrogens is 2. The molecule has 1 aromatic heterocycles. The molecule has 5 nitrogen and oxygen atoms in total. The van der Waals surface area contributed by atoms with Crippen LogP contribution in [-0.4, -0.2) is 27.2 Å². The third-order valence-corrected chi connectivity index (χ3v) is 7.44. The lowest BCUT2D eigenvalue weighted by Crippen LogP contribution is -2.42. The summed E-state index contributed by atoms with van der Waals surface area (Å²) < 4.78 is 20.7. The molecule has 2 aromatic carbocycles. The highest BCUT2D eigenvalue weighted by Gasteiger charge is 2.46. The molecule has 0 radical (unpaired) electrons. The number of carbonyl (C=O) groups excluding carboxylic acids is 1. The van der Waals surface area contributed by atoms with E-state index in [4.69, 9.17) is 4.74 Å². The van der Waals surface area contributed by atoms with Crippen molar-refractivity contribution < 1.29 is 19.0 Å². The fraction of sp³-hybridized carbons (Fsp3) is 0.357. The lowest BCUT2D eigenvalue weighted by molar-refractivity contribution is 0.0123. The van der Waals surface area contributed by atoms with Gasteiger partial charge >= 0.3 is 5.97 Å². The first-order valence-electron chi connectivity index (χ1n) is 11.9. The van der Waals surface area contributed by atoms with Crippen molar-refractivity contribution in [2.75, 3.05) is 6.61 Å². The Kier molecular flexibility index (Phi) is 5.86. The van der Waals surface area contributed by atoms with Crippen LogP contribution in [-0.2, 0) is 11.3 Å². The molecule has 3 atom stereocenters. The fourth-order valence-corrected chi connectivity index (χ4v) is 5.63. The van der Waals surface area contributed by atoms with Crippen LogP contribution in [0.2, 0.25) is 0 Å². The number of esters is 1. The Bertz CT molecular complexity index is 1250. The highest BCUT2D eigenvalue weighted by molar-refractivity contribution is 5.89. The zero-order valence-corrected chi connectivity index (χ0v) is 19.5. The summed E-state index contributed by atoms with van der Waals surface area (Å²) in [5.41, 5.74) is 5.02. The maximum absolute atomic E-state index is 13.4. The summed E-state index contributed by atoms with van der Waals surface area (Å²) in [5.74, 6) is -0.644. The summed E-state index contributed by atoms with van der Waals surface area (Å²) in [6.07, 6.45) is 6.20. The van der Waals surface area contributed by atoms with Crippen LogP contribution in [0.15, 0.2) is 60.4 Å². The van der Waals surface area contributed by atoms with Crippen LogP contribution in [0.4, 0.5) is 4.39 Å². The number of benzene rings is 2. The summed E-state index contributed by atoms with van der Waals surface area (Å²) in [6, 6.07) is 13.6. The van der Waals surface area contributed by atoms with Crippen LogP contribution < -0.4 is 0 Å². The molecule has 1 unspecified atom stereocenters. The molecule has 0 spiro atoms. The standard InChI is InChI=1S/C28H29FN2O3/c1-3-34-27(33)20-7-4-6-19(14-20)26(32)23-9-5-8-21-15-24-25(18-10-12-22(29)13-11-18)30-17-31(24)16-28(21,23)2/h4,6-7,10-15,17,23,26,32H,3,5,8-9,16H2,1-2H3/t23-,26?,28+/m1/s1. The van der Waals surface area contributed by atoms with Crippen LogP contribution >= 0.6 is 0 Å². The first kappa shape index (κ1) is 22.5. The maximum atomic E-state index is 13.4. The number of aliphatic hydroxyl groups is 1. The van der Waals surface area contributed by atoms with E-state index in [-0.39, 0.29) is 23.1 Å². The highest BCUT2D eigenvalue weighted by atomic mass is 19.1. The predicted octanol–water partition coefficient (Wildman–Crippen LogP) is 5.80. The average molecular weight is 461 g/mol. The number of hydrogen-bond acceptors (Lipinski definition) is 4. The molecule has 1 aliphatic heterocycles. The van der Waals surface area contributed by atoms with Gasteiger partial charge in [-0.2, -0.15) is 0 Å².